The summed E-state index contributed by atoms with van der Waals surface area (Å²) in [4.78, 5) is 0. The van der Waals surface area contributed by atoms with Crippen LogP contribution in [0.1, 0.15) is 121 Å². The van der Waals surface area contributed by atoms with Crippen LogP contribution in [-0.4, -0.2) is 28.8 Å². The first-order valence-electron chi connectivity index (χ1n) is 16.5. The predicted molar refractivity (Wildman–Crippen MR) is 181 cm³/mol. The monoisotopic (exact) mass is 586 g/mol. The maximum Gasteiger partial charge on any atom is 0.192 e. The molecule has 0 radical (unpaired) electrons. The number of hydrogen-bond acceptors (Lipinski definition) is 2. The van der Waals surface area contributed by atoms with Crippen molar-refractivity contribution in [3.8, 4) is 0 Å². The van der Waals surface area contributed by atoms with Crippen molar-refractivity contribution < 1.29 is 8.85 Å². The second-order valence-corrected chi connectivity index (χ2v) is 27.2. The van der Waals surface area contributed by atoms with Gasteiger partial charge in [-0.2, -0.15) is 0 Å². The van der Waals surface area contributed by atoms with E-state index in [2.05, 4.69) is 114 Å². The van der Waals surface area contributed by atoms with Gasteiger partial charge in [0.15, 0.2) is 16.6 Å². The van der Waals surface area contributed by atoms with E-state index in [1.54, 1.807) is 5.57 Å². The summed E-state index contributed by atoms with van der Waals surface area (Å²) in [6.07, 6.45) is 15.1. The van der Waals surface area contributed by atoms with Crippen LogP contribution in [0, 0.1) is 22.7 Å². The van der Waals surface area contributed by atoms with Gasteiger partial charge in [-0.05, 0) is 109 Å². The summed E-state index contributed by atoms with van der Waals surface area (Å²) >= 11 is 0. The molecule has 3 saturated carbocycles. The molecule has 5 atom stereocenters. The first-order chi connectivity index (χ1) is 18.1. The summed E-state index contributed by atoms with van der Waals surface area (Å²) in [5.41, 5.74) is 5.25. The molecule has 4 heteroatoms. The van der Waals surface area contributed by atoms with Gasteiger partial charge in [0, 0.05) is 0 Å². The molecular weight excluding hydrogens is 521 g/mol. The molecule has 3 aliphatic rings. The van der Waals surface area contributed by atoms with E-state index < -0.39 is 16.6 Å². The lowest BCUT2D eigenvalue weighted by atomic mass is 9.57. The van der Waals surface area contributed by atoms with Crippen molar-refractivity contribution in [2.45, 2.75) is 169 Å². The molecule has 3 fully saturated rings. The van der Waals surface area contributed by atoms with E-state index in [4.69, 9.17) is 8.85 Å². The van der Waals surface area contributed by atoms with Gasteiger partial charge >= 0.3 is 0 Å². The van der Waals surface area contributed by atoms with E-state index in [1.165, 1.54) is 49.7 Å². The molecule has 0 bridgehead atoms. The quantitative estimate of drug-likeness (QED) is 0.218. The third-order valence-corrected chi connectivity index (χ3v) is 21.5. The topological polar surface area (TPSA) is 18.5 Å². The third-order valence-electron chi connectivity index (χ3n) is 12.6. The minimum Gasteiger partial charge on any atom is -0.410 e. The van der Waals surface area contributed by atoms with Gasteiger partial charge in [0.25, 0.3) is 0 Å². The van der Waals surface area contributed by atoms with Gasteiger partial charge in [-0.1, -0.05) is 106 Å². The molecule has 3 rings (SSSR count). The lowest BCUT2D eigenvalue weighted by Gasteiger charge is -2.48. The summed E-state index contributed by atoms with van der Waals surface area (Å²) < 4.78 is 14.1. The Hall–Kier alpha value is -0.426. The van der Waals surface area contributed by atoms with Crippen LogP contribution in [0.25, 0.3) is 0 Å². The Balaban J connectivity index is 1.93. The first-order valence-corrected chi connectivity index (χ1v) is 22.3. The molecule has 3 aliphatic carbocycles. The largest absolute Gasteiger partial charge is 0.410 e. The molecule has 0 aromatic rings. The lowest BCUT2D eigenvalue weighted by molar-refractivity contribution is 0.0435. The zero-order valence-corrected chi connectivity index (χ0v) is 31.1. The van der Waals surface area contributed by atoms with E-state index in [-0.39, 0.29) is 22.3 Å². The smallest absolute Gasteiger partial charge is 0.192 e. The standard InChI is InChI=1S/C36H66O2Si2/c1-16-35(9,10)32-22-21-29-28(18-17-23-36(29,32)11)20-19-27-24-30(37-39(12,13)33(3,4)5)26(2)31(25-27)38-40(14,15)34(6,7)8/h19-20,29-32H,2,16-18,21-25H2,1,3-15H3/b28-20+/t29?,30-,31-,32?,36+/m1/s1. The summed E-state index contributed by atoms with van der Waals surface area (Å²) in [7, 11) is -3.90. The molecule has 0 aromatic heterocycles. The Morgan fingerprint density at radius 3 is 1.80 bits per heavy atom. The van der Waals surface area contributed by atoms with Crippen molar-refractivity contribution in [2.75, 3.05) is 0 Å². The number of hydrogen-bond donors (Lipinski definition) is 0. The van der Waals surface area contributed by atoms with Gasteiger partial charge in [0.2, 0.25) is 0 Å². The zero-order valence-electron chi connectivity index (χ0n) is 29.1. The van der Waals surface area contributed by atoms with Crippen LogP contribution >= 0.6 is 0 Å². The fourth-order valence-corrected chi connectivity index (χ4v) is 10.1. The van der Waals surface area contributed by atoms with Crippen LogP contribution in [0.2, 0.25) is 36.3 Å². The van der Waals surface area contributed by atoms with Crippen LogP contribution in [0.3, 0.4) is 0 Å². The molecule has 2 nitrogen and oxygen atoms in total. The average Bonchev–Trinajstić information content (AvgIpc) is 3.17. The Bertz CT molecular complexity index is 945. The van der Waals surface area contributed by atoms with Crippen molar-refractivity contribution in [2.24, 2.45) is 22.7 Å². The molecule has 0 aromatic carbocycles. The van der Waals surface area contributed by atoms with Crippen LogP contribution in [0.4, 0.5) is 0 Å². The molecular formula is C36H66O2Si2. The normalized spacial score (nSPS) is 32.0. The van der Waals surface area contributed by atoms with Crippen molar-refractivity contribution in [3.05, 3.63) is 35.5 Å². The number of allylic oxidation sites excluding steroid dienone is 3. The SMILES string of the molecule is C=C1[C@H](O[Si](C)(C)C(C)(C)C)CC(=C/C=C2\CCC[C@@]3(C)C2CCC3C(C)(C)CC)C[C@H]1O[Si](C)(C)C(C)(C)C. The number of rotatable bonds is 7. The van der Waals surface area contributed by atoms with Gasteiger partial charge < -0.3 is 8.85 Å². The zero-order chi connectivity index (χ0) is 30.5. The van der Waals surface area contributed by atoms with E-state index in [0.29, 0.717) is 10.8 Å². The molecule has 2 unspecified atom stereocenters. The Kier molecular flexibility index (Phi) is 9.86. The van der Waals surface area contributed by atoms with Crippen LogP contribution in [-0.2, 0) is 8.85 Å². The molecule has 0 saturated heterocycles. The minimum absolute atomic E-state index is 0.0481. The Morgan fingerprint density at radius 1 is 0.850 bits per heavy atom. The first kappa shape index (κ1) is 34.1. The summed E-state index contributed by atoms with van der Waals surface area (Å²) in [6.45, 7) is 38.2. The molecule has 0 amide bonds. The van der Waals surface area contributed by atoms with Gasteiger partial charge in [-0.3, -0.25) is 0 Å². The predicted octanol–water partition coefficient (Wildman–Crippen LogP) is 11.6. The lowest BCUT2D eigenvalue weighted by Crippen LogP contribution is -2.49. The van der Waals surface area contributed by atoms with E-state index in [9.17, 15) is 0 Å². The van der Waals surface area contributed by atoms with Gasteiger partial charge in [0.1, 0.15) is 0 Å². The van der Waals surface area contributed by atoms with E-state index >= 15 is 0 Å². The second-order valence-electron chi connectivity index (χ2n) is 17.7. The maximum atomic E-state index is 7.07. The molecule has 0 aliphatic heterocycles. The van der Waals surface area contributed by atoms with Crippen molar-refractivity contribution in [3.63, 3.8) is 0 Å². The molecule has 230 valence electrons. The molecule has 40 heavy (non-hydrogen) atoms. The van der Waals surface area contributed by atoms with E-state index in [0.717, 1.165) is 24.7 Å². The molecule has 0 heterocycles. The minimum atomic E-state index is -1.95. The Morgan fingerprint density at radius 2 is 1.35 bits per heavy atom. The fraction of sp³-hybridized carbons (Fsp3) is 0.833. The van der Waals surface area contributed by atoms with Crippen molar-refractivity contribution in [1.29, 1.82) is 0 Å². The van der Waals surface area contributed by atoms with Crippen LogP contribution < -0.4 is 0 Å². The van der Waals surface area contributed by atoms with Gasteiger partial charge in [0.05, 0.1) is 12.2 Å². The highest BCUT2D eigenvalue weighted by Crippen LogP contribution is 2.62. The fourth-order valence-electron chi connectivity index (χ4n) is 7.46. The second kappa shape index (κ2) is 11.6. The molecule has 0 N–H and O–H groups in total. The van der Waals surface area contributed by atoms with E-state index in [1.807, 2.05) is 0 Å². The molecule has 0 spiro atoms. The van der Waals surface area contributed by atoms with Gasteiger partial charge in [-0.15, -0.1) is 0 Å². The highest BCUT2D eigenvalue weighted by Gasteiger charge is 2.53. The third kappa shape index (κ3) is 6.86. The summed E-state index contributed by atoms with van der Waals surface area (Å²) in [5, 5.41) is 0.342. The van der Waals surface area contributed by atoms with Crippen molar-refractivity contribution in [1.82, 2.24) is 0 Å². The highest BCUT2D eigenvalue weighted by atomic mass is 28.4. The van der Waals surface area contributed by atoms with Crippen molar-refractivity contribution >= 4 is 16.6 Å². The Labute approximate surface area is 252 Å². The van der Waals surface area contributed by atoms with Crippen LogP contribution in [0.5, 0.6) is 0 Å². The summed E-state index contributed by atoms with van der Waals surface area (Å²) in [6, 6.07) is 0. The van der Waals surface area contributed by atoms with Gasteiger partial charge in [-0.25, -0.2) is 0 Å². The van der Waals surface area contributed by atoms with Crippen LogP contribution in [0.15, 0.2) is 35.5 Å². The average molecular weight is 587 g/mol. The number of fused-ring (bicyclic) bond motifs is 1. The maximum absolute atomic E-state index is 7.07. The summed E-state index contributed by atoms with van der Waals surface area (Å²) in [5.74, 6) is 1.57. The highest BCUT2D eigenvalue weighted by molar-refractivity contribution is 6.74.